The Morgan fingerprint density at radius 3 is 2.56 bits per heavy atom. The normalized spacial score (nSPS) is 12.7. The average molecular weight is 390 g/mol. The summed E-state index contributed by atoms with van der Waals surface area (Å²) >= 11 is 0. The number of para-hydroxylation sites is 2. The van der Waals surface area contributed by atoms with E-state index in [0.29, 0.717) is 16.8 Å². The van der Waals surface area contributed by atoms with Crippen LogP contribution in [0.2, 0.25) is 0 Å². The van der Waals surface area contributed by atoms with Crippen LogP contribution in [0.1, 0.15) is 0 Å². The second-order valence-corrected chi connectivity index (χ2v) is 7.34. The standard InChI is InChI=1S/C17H18N4O5S/c1-26-11-6-8-12(9-7-11)27(24,25)21-15(10-22)16(23)20-17-18-13-4-2-3-5-14(13)19-17/h2-9,15,21-22H,10H2,1H3,(H2,18,19,20,23). The van der Waals surface area contributed by atoms with Crippen LogP contribution in [0, 0.1) is 0 Å². The average Bonchev–Trinajstić information content (AvgIpc) is 3.08. The number of methoxy groups -OCH3 is 1. The topological polar surface area (TPSA) is 133 Å². The summed E-state index contributed by atoms with van der Waals surface area (Å²) in [4.78, 5) is 19.4. The van der Waals surface area contributed by atoms with Crippen LogP contribution in [-0.4, -0.2) is 49.2 Å². The van der Waals surface area contributed by atoms with Crippen LogP contribution in [-0.2, 0) is 14.8 Å². The summed E-state index contributed by atoms with van der Waals surface area (Å²) in [5, 5.41) is 11.9. The van der Waals surface area contributed by atoms with Crippen molar-refractivity contribution in [2.45, 2.75) is 10.9 Å². The monoisotopic (exact) mass is 390 g/mol. The summed E-state index contributed by atoms with van der Waals surface area (Å²) < 4.78 is 32.0. The molecule has 0 aliphatic heterocycles. The Kier molecular flexibility index (Phi) is 5.40. The molecule has 1 atom stereocenters. The molecule has 0 saturated carbocycles. The lowest BCUT2D eigenvalue weighted by Gasteiger charge is -2.15. The molecular formula is C17H18N4O5S. The molecule has 142 valence electrons. The van der Waals surface area contributed by atoms with E-state index in [-0.39, 0.29) is 10.8 Å². The number of amides is 1. The first-order valence-corrected chi connectivity index (χ1v) is 9.44. The summed E-state index contributed by atoms with van der Waals surface area (Å²) in [7, 11) is -2.55. The lowest BCUT2D eigenvalue weighted by Crippen LogP contribution is -2.46. The van der Waals surface area contributed by atoms with E-state index in [4.69, 9.17) is 4.74 Å². The van der Waals surface area contributed by atoms with Crippen molar-refractivity contribution in [2.24, 2.45) is 0 Å². The lowest BCUT2D eigenvalue weighted by atomic mass is 10.3. The Morgan fingerprint density at radius 2 is 1.93 bits per heavy atom. The predicted molar refractivity (Wildman–Crippen MR) is 98.9 cm³/mol. The molecule has 2 aromatic carbocycles. The van der Waals surface area contributed by atoms with Crippen molar-refractivity contribution in [3.8, 4) is 5.75 Å². The third-order valence-electron chi connectivity index (χ3n) is 3.80. The van der Waals surface area contributed by atoms with E-state index in [1.165, 1.54) is 31.4 Å². The number of aliphatic hydroxyl groups excluding tert-OH is 1. The Morgan fingerprint density at radius 1 is 1.22 bits per heavy atom. The van der Waals surface area contributed by atoms with Crippen LogP contribution in [0.5, 0.6) is 5.75 Å². The minimum atomic E-state index is -4.02. The van der Waals surface area contributed by atoms with E-state index in [2.05, 4.69) is 20.0 Å². The number of aromatic nitrogens is 2. The number of carbonyl (C=O) groups excluding carboxylic acids is 1. The summed E-state index contributed by atoms with van der Waals surface area (Å²) in [6, 6.07) is 11.4. The molecule has 9 nitrogen and oxygen atoms in total. The molecule has 27 heavy (non-hydrogen) atoms. The molecule has 0 radical (unpaired) electrons. The highest BCUT2D eigenvalue weighted by atomic mass is 32.2. The van der Waals surface area contributed by atoms with Crippen molar-refractivity contribution < 1.29 is 23.1 Å². The van der Waals surface area contributed by atoms with Gasteiger partial charge < -0.3 is 14.8 Å². The summed E-state index contributed by atoms with van der Waals surface area (Å²) in [5.74, 6) is -0.0905. The third kappa shape index (κ3) is 4.25. The third-order valence-corrected chi connectivity index (χ3v) is 5.28. The fraction of sp³-hybridized carbons (Fsp3) is 0.176. The van der Waals surface area contributed by atoms with Gasteiger partial charge in [-0.05, 0) is 36.4 Å². The van der Waals surface area contributed by atoms with Gasteiger partial charge in [-0.15, -0.1) is 0 Å². The van der Waals surface area contributed by atoms with E-state index in [1.54, 1.807) is 18.2 Å². The molecule has 0 aliphatic rings. The Bertz CT molecular complexity index is 1010. The number of aromatic amines is 1. The maximum absolute atomic E-state index is 12.4. The summed E-state index contributed by atoms with van der Waals surface area (Å²) in [5.41, 5.74) is 1.36. The van der Waals surface area contributed by atoms with Crippen LogP contribution in [0.15, 0.2) is 53.4 Å². The number of nitrogens with one attached hydrogen (secondary N) is 3. The SMILES string of the molecule is COc1ccc(S(=O)(=O)NC(CO)C(=O)Nc2nc3ccccc3[nH]2)cc1. The Hall–Kier alpha value is -2.95. The Balaban J connectivity index is 1.73. The number of carbonyl (C=O) groups is 1. The van der Waals surface area contributed by atoms with Crippen molar-refractivity contribution in [1.82, 2.24) is 14.7 Å². The highest BCUT2D eigenvalue weighted by Gasteiger charge is 2.26. The number of ether oxygens (including phenoxy) is 1. The van der Waals surface area contributed by atoms with Crippen LogP contribution in [0.25, 0.3) is 11.0 Å². The molecule has 0 fully saturated rings. The van der Waals surface area contributed by atoms with Gasteiger partial charge in [0, 0.05) is 0 Å². The van der Waals surface area contributed by atoms with E-state index >= 15 is 0 Å². The van der Waals surface area contributed by atoms with Crippen molar-refractivity contribution in [3.05, 3.63) is 48.5 Å². The van der Waals surface area contributed by atoms with Gasteiger partial charge in [0.15, 0.2) is 0 Å². The predicted octanol–water partition coefficient (Wildman–Crippen LogP) is 0.849. The number of sulfonamides is 1. The first kappa shape index (κ1) is 18.8. The number of nitrogens with zero attached hydrogens (tertiary/aromatic N) is 1. The van der Waals surface area contributed by atoms with Crippen molar-refractivity contribution in [1.29, 1.82) is 0 Å². The molecule has 0 aliphatic carbocycles. The van der Waals surface area contributed by atoms with Gasteiger partial charge in [0.25, 0.3) is 0 Å². The van der Waals surface area contributed by atoms with E-state index in [9.17, 15) is 18.3 Å². The van der Waals surface area contributed by atoms with Gasteiger partial charge >= 0.3 is 0 Å². The number of aliphatic hydroxyl groups is 1. The molecule has 3 rings (SSSR count). The van der Waals surface area contributed by atoms with E-state index < -0.39 is 28.6 Å². The molecule has 0 spiro atoms. The molecule has 1 aromatic heterocycles. The van der Waals surface area contributed by atoms with Gasteiger partial charge in [0.2, 0.25) is 21.9 Å². The summed E-state index contributed by atoms with van der Waals surface area (Å²) in [6.45, 7) is -0.721. The van der Waals surface area contributed by atoms with Crippen LogP contribution in [0.4, 0.5) is 5.95 Å². The smallest absolute Gasteiger partial charge is 0.247 e. The van der Waals surface area contributed by atoms with Crippen LogP contribution < -0.4 is 14.8 Å². The fourth-order valence-corrected chi connectivity index (χ4v) is 3.59. The van der Waals surface area contributed by atoms with Gasteiger partial charge in [-0.2, -0.15) is 4.72 Å². The number of hydrogen-bond donors (Lipinski definition) is 4. The second kappa shape index (κ2) is 7.74. The number of fused-ring (bicyclic) bond motifs is 1. The molecule has 3 aromatic rings. The lowest BCUT2D eigenvalue weighted by molar-refractivity contribution is -0.118. The van der Waals surface area contributed by atoms with Gasteiger partial charge in [-0.3, -0.25) is 10.1 Å². The largest absolute Gasteiger partial charge is 0.497 e. The van der Waals surface area contributed by atoms with E-state index in [1.807, 2.05) is 6.07 Å². The van der Waals surface area contributed by atoms with Gasteiger partial charge in [-0.25, -0.2) is 13.4 Å². The fourth-order valence-electron chi connectivity index (χ4n) is 2.40. The number of H-pyrrole nitrogens is 1. The van der Waals surface area contributed by atoms with Gasteiger partial charge in [0.1, 0.15) is 11.8 Å². The van der Waals surface area contributed by atoms with Crippen LogP contribution in [0.3, 0.4) is 0 Å². The molecule has 1 heterocycles. The molecule has 4 N–H and O–H groups in total. The first-order valence-electron chi connectivity index (χ1n) is 7.96. The maximum Gasteiger partial charge on any atom is 0.247 e. The highest BCUT2D eigenvalue weighted by molar-refractivity contribution is 7.89. The number of imidazole rings is 1. The maximum atomic E-state index is 12.4. The first-order chi connectivity index (χ1) is 12.9. The zero-order valence-corrected chi connectivity index (χ0v) is 15.2. The van der Waals surface area contributed by atoms with Gasteiger partial charge in [-0.1, -0.05) is 12.1 Å². The molecule has 0 saturated heterocycles. The number of rotatable bonds is 7. The minimum absolute atomic E-state index is 0.0571. The molecule has 1 amide bonds. The van der Waals surface area contributed by atoms with Crippen molar-refractivity contribution >= 4 is 32.9 Å². The quantitative estimate of drug-likeness (QED) is 0.473. The van der Waals surface area contributed by atoms with Gasteiger partial charge in [0.05, 0.1) is 29.6 Å². The minimum Gasteiger partial charge on any atom is -0.497 e. The molecule has 1 unspecified atom stereocenters. The van der Waals surface area contributed by atoms with Crippen LogP contribution >= 0.6 is 0 Å². The number of hydrogen-bond acceptors (Lipinski definition) is 6. The van der Waals surface area contributed by atoms with Crippen molar-refractivity contribution in [3.63, 3.8) is 0 Å². The van der Waals surface area contributed by atoms with Crippen molar-refractivity contribution in [2.75, 3.05) is 19.0 Å². The summed E-state index contributed by atoms with van der Waals surface area (Å²) in [6.07, 6.45) is 0. The van der Waals surface area contributed by atoms with E-state index in [0.717, 1.165) is 0 Å². The molecule has 10 heteroatoms. The highest BCUT2D eigenvalue weighted by Crippen LogP contribution is 2.16. The molecule has 0 bridgehead atoms. The zero-order chi connectivity index (χ0) is 19.4. The second-order valence-electron chi connectivity index (χ2n) is 5.62. The zero-order valence-electron chi connectivity index (χ0n) is 14.3. The number of benzene rings is 2. The molecular weight excluding hydrogens is 372 g/mol. The number of anilines is 1. The Labute approximate surface area is 155 Å².